The molecule has 0 amide bonds. The molecule has 0 atom stereocenters. The number of hydrogen-bond acceptors (Lipinski definition) is 5. The molecule has 128 valence electrons. The summed E-state index contributed by atoms with van der Waals surface area (Å²) in [6, 6.07) is 7.70. The number of fused-ring (bicyclic) bond motifs is 1. The van der Waals surface area contributed by atoms with Crippen molar-refractivity contribution >= 4 is 16.6 Å². The van der Waals surface area contributed by atoms with Crippen LogP contribution in [0.1, 0.15) is 11.3 Å². The van der Waals surface area contributed by atoms with Gasteiger partial charge in [-0.25, -0.2) is 0 Å². The maximum Gasteiger partial charge on any atom is 0.143 e. The molecule has 0 bridgehead atoms. The summed E-state index contributed by atoms with van der Waals surface area (Å²) in [5, 5.41) is 6.14. The summed E-state index contributed by atoms with van der Waals surface area (Å²) in [7, 11) is 1.88. The van der Waals surface area contributed by atoms with Crippen LogP contribution in [0.5, 0.6) is 0 Å². The highest BCUT2D eigenvalue weighted by Crippen LogP contribution is 2.21. The van der Waals surface area contributed by atoms with Gasteiger partial charge in [0, 0.05) is 67.5 Å². The SMILES string of the molecule is Cn1cc(-c2cc3cc(CC(=O)Cc4cccnc4)ncc3cn2)cn1. The molecule has 0 radical (unpaired) electrons. The van der Waals surface area contributed by atoms with Gasteiger partial charge in [-0.2, -0.15) is 5.10 Å². The predicted molar refractivity (Wildman–Crippen MR) is 98.4 cm³/mol. The van der Waals surface area contributed by atoms with Crippen LogP contribution >= 0.6 is 0 Å². The van der Waals surface area contributed by atoms with Crippen molar-refractivity contribution in [1.82, 2.24) is 24.7 Å². The Labute approximate surface area is 150 Å². The molecule has 4 heterocycles. The number of rotatable bonds is 5. The number of ketones is 1. The van der Waals surface area contributed by atoms with Crippen LogP contribution in [0, 0.1) is 0 Å². The van der Waals surface area contributed by atoms with Crippen LogP contribution in [-0.4, -0.2) is 30.5 Å². The molecule has 0 unspecified atom stereocenters. The molecule has 0 saturated carbocycles. The number of carbonyl (C=O) groups excluding carboxylic acids is 1. The van der Waals surface area contributed by atoms with Crippen LogP contribution in [0.15, 0.2) is 61.4 Å². The highest BCUT2D eigenvalue weighted by Gasteiger charge is 2.09. The van der Waals surface area contributed by atoms with Crippen molar-refractivity contribution in [3.05, 3.63) is 72.7 Å². The Bertz CT molecular complexity index is 1070. The number of pyridine rings is 3. The van der Waals surface area contributed by atoms with Gasteiger partial charge in [0.2, 0.25) is 0 Å². The second kappa shape index (κ2) is 6.84. The smallest absolute Gasteiger partial charge is 0.143 e. The molecular weight excluding hydrogens is 326 g/mol. The summed E-state index contributed by atoms with van der Waals surface area (Å²) < 4.78 is 1.75. The van der Waals surface area contributed by atoms with Gasteiger partial charge < -0.3 is 0 Å². The number of Topliss-reactive ketones (excluding diaryl/α,β-unsaturated/α-hetero) is 1. The Morgan fingerprint density at radius 2 is 1.92 bits per heavy atom. The normalized spacial score (nSPS) is 11.0. The van der Waals surface area contributed by atoms with Crippen molar-refractivity contribution in [2.75, 3.05) is 0 Å². The monoisotopic (exact) mass is 343 g/mol. The van der Waals surface area contributed by atoms with Gasteiger partial charge in [-0.15, -0.1) is 0 Å². The first-order chi connectivity index (χ1) is 12.7. The molecular formula is C20H17N5O. The minimum Gasteiger partial charge on any atom is -0.299 e. The molecule has 0 spiro atoms. The minimum atomic E-state index is 0.117. The second-order valence-corrected chi connectivity index (χ2v) is 6.25. The van der Waals surface area contributed by atoms with Crippen LogP contribution < -0.4 is 0 Å². The van der Waals surface area contributed by atoms with Gasteiger partial charge in [-0.3, -0.25) is 24.4 Å². The summed E-state index contributed by atoms with van der Waals surface area (Å²) in [4.78, 5) is 25.2. The number of aromatic nitrogens is 5. The van der Waals surface area contributed by atoms with Crippen molar-refractivity contribution < 1.29 is 4.79 Å². The lowest BCUT2D eigenvalue weighted by Gasteiger charge is -2.05. The zero-order chi connectivity index (χ0) is 17.9. The second-order valence-electron chi connectivity index (χ2n) is 6.25. The minimum absolute atomic E-state index is 0.117. The van der Waals surface area contributed by atoms with Crippen LogP contribution in [0.2, 0.25) is 0 Å². The molecule has 26 heavy (non-hydrogen) atoms. The Kier molecular flexibility index (Phi) is 4.23. The molecule has 0 aliphatic rings. The van der Waals surface area contributed by atoms with Gasteiger partial charge >= 0.3 is 0 Å². The summed E-state index contributed by atoms with van der Waals surface area (Å²) >= 11 is 0. The van der Waals surface area contributed by atoms with Crippen LogP contribution in [0.25, 0.3) is 22.0 Å². The molecule has 0 aliphatic carbocycles. The number of hydrogen-bond donors (Lipinski definition) is 0. The van der Waals surface area contributed by atoms with E-state index in [9.17, 15) is 4.79 Å². The van der Waals surface area contributed by atoms with Crippen molar-refractivity contribution in [2.45, 2.75) is 12.8 Å². The largest absolute Gasteiger partial charge is 0.299 e. The fraction of sp³-hybridized carbons (Fsp3) is 0.150. The molecule has 4 aromatic heterocycles. The Morgan fingerprint density at radius 3 is 2.69 bits per heavy atom. The molecule has 0 N–H and O–H groups in total. The zero-order valence-electron chi connectivity index (χ0n) is 14.3. The standard InChI is InChI=1S/C20H17N5O/c1-25-13-17(12-24-25)20-7-15-6-18(22-10-16(15)11-23-20)8-19(26)5-14-3-2-4-21-9-14/h2-4,6-7,9-13H,5,8H2,1H3. The predicted octanol–water partition coefficient (Wildman–Crippen LogP) is 2.78. The summed E-state index contributed by atoms with van der Waals surface area (Å²) in [5.74, 6) is 0.117. The van der Waals surface area contributed by atoms with Crippen molar-refractivity contribution in [2.24, 2.45) is 7.05 Å². The van der Waals surface area contributed by atoms with Gasteiger partial charge in [0.1, 0.15) is 5.78 Å². The first-order valence-electron chi connectivity index (χ1n) is 8.32. The Morgan fingerprint density at radius 1 is 1.04 bits per heavy atom. The van der Waals surface area contributed by atoms with E-state index in [4.69, 9.17) is 0 Å². The quantitative estimate of drug-likeness (QED) is 0.557. The van der Waals surface area contributed by atoms with Crippen molar-refractivity contribution in [3.63, 3.8) is 0 Å². The lowest BCUT2D eigenvalue weighted by molar-refractivity contribution is -0.117. The van der Waals surface area contributed by atoms with Crippen LogP contribution in [-0.2, 0) is 24.7 Å². The Hall–Kier alpha value is -3.41. The molecule has 6 heteroatoms. The van der Waals surface area contributed by atoms with E-state index >= 15 is 0 Å². The maximum atomic E-state index is 12.3. The van der Waals surface area contributed by atoms with E-state index < -0.39 is 0 Å². The lowest BCUT2D eigenvalue weighted by Crippen LogP contribution is -2.08. The fourth-order valence-corrected chi connectivity index (χ4v) is 2.89. The molecule has 4 rings (SSSR count). The fourth-order valence-electron chi connectivity index (χ4n) is 2.89. The van der Waals surface area contributed by atoms with Gasteiger partial charge in [0.25, 0.3) is 0 Å². The van der Waals surface area contributed by atoms with Gasteiger partial charge in [0.15, 0.2) is 0 Å². The molecule has 6 nitrogen and oxygen atoms in total. The molecule has 0 aromatic carbocycles. The lowest BCUT2D eigenvalue weighted by atomic mass is 10.1. The number of nitrogens with zero attached hydrogens (tertiary/aromatic N) is 5. The third-order valence-corrected chi connectivity index (χ3v) is 4.16. The third-order valence-electron chi connectivity index (χ3n) is 4.16. The van der Waals surface area contributed by atoms with Crippen LogP contribution in [0.4, 0.5) is 0 Å². The van der Waals surface area contributed by atoms with E-state index in [0.29, 0.717) is 12.8 Å². The highest BCUT2D eigenvalue weighted by atomic mass is 16.1. The first kappa shape index (κ1) is 16.1. The van der Waals surface area contributed by atoms with E-state index in [2.05, 4.69) is 20.1 Å². The summed E-state index contributed by atoms with van der Waals surface area (Å²) in [6.45, 7) is 0. The number of aryl methyl sites for hydroxylation is 1. The van der Waals surface area contributed by atoms with Gasteiger partial charge in [0.05, 0.1) is 11.9 Å². The van der Waals surface area contributed by atoms with E-state index in [1.54, 1.807) is 35.7 Å². The third kappa shape index (κ3) is 3.49. The Balaban J connectivity index is 1.57. The maximum absolute atomic E-state index is 12.3. The van der Waals surface area contributed by atoms with Gasteiger partial charge in [-0.1, -0.05) is 6.07 Å². The van der Waals surface area contributed by atoms with E-state index in [1.807, 2.05) is 37.5 Å². The number of carbonyl (C=O) groups is 1. The van der Waals surface area contributed by atoms with Crippen molar-refractivity contribution in [1.29, 1.82) is 0 Å². The topological polar surface area (TPSA) is 73.6 Å². The van der Waals surface area contributed by atoms with Crippen LogP contribution in [0.3, 0.4) is 0 Å². The van der Waals surface area contributed by atoms with E-state index in [1.165, 1.54) is 0 Å². The zero-order valence-corrected chi connectivity index (χ0v) is 14.3. The van der Waals surface area contributed by atoms with Crippen molar-refractivity contribution in [3.8, 4) is 11.3 Å². The molecule has 0 aliphatic heterocycles. The summed E-state index contributed by atoms with van der Waals surface area (Å²) in [6.07, 6.45) is 11.4. The van der Waals surface area contributed by atoms with E-state index in [0.717, 1.165) is 33.3 Å². The van der Waals surface area contributed by atoms with E-state index in [-0.39, 0.29) is 5.78 Å². The average molecular weight is 343 g/mol. The molecule has 0 saturated heterocycles. The average Bonchev–Trinajstić information content (AvgIpc) is 3.08. The summed E-state index contributed by atoms with van der Waals surface area (Å²) in [5.41, 5.74) is 3.49. The first-order valence-corrected chi connectivity index (χ1v) is 8.32. The molecule has 4 aromatic rings. The molecule has 0 fully saturated rings. The van der Waals surface area contributed by atoms with Gasteiger partial charge in [-0.05, 0) is 29.1 Å². The highest BCUT2D eigenvalue weighted by molar-refractivity contribution is 5.87.